The second-order valence-corrected chi connectivity index (χ2v) is 5.61. The van der Waals surface area contributed by atoms with E-state index in [2.05, 4.69) is 30.6 Å². The normalized spacial score (nSPS) is 12.7. The molecule has 0 amide bonds. The summed E-state index contributed by atoms with van der Waals surface area (Å²) in [6.07, 6.45) is 0. The molecule has 0 saturated heterocycles. The fourth-order valence-corrected chi connectivity index (χ4v) is 2.83. The Kier molecular flexibility index (Phi) is 4.15. The maximum atomic E-state index is 13.3. The predicted octanol–water partition coefficient (Wildman–Crippen LogP) is 4.20. The minimum atomic E-state index is -0.143. The van der Waals surface area contributed by atoms with Crippen LogP contribution in [0.2, 0.25) is 0 Å². The summed E-state index contributed by atoms with van der Waals surface area (Å²) in [6, 6.07) is 7.68. The van der Waals surface area contributed by atoms with Gasteiger partial charge >= 0.3 is 0 Å². The van der Waals surface area contributed by atoms with Crippen molar-refractivity contribution in [2.75, 3.05) is 6.54 Å². The number of nitrogens with one attached hydrogen (secondary N) is 1. The van der Waals surface area contributed by atoms with Crippen LogP contribution in [-0.2, 0) is 0 Å². The van der Waals surface area contributed by atoms with E-state index in [-0.39, 0.29) is 11.9 Å². The molecule has 3 heteroatoms. The quantitative estimate of drug-likeness (QED) is 0.871. The van der Waals surface area contributed by atoms with Crippen LogP contribution in [0.25, 0.3) is 0 Å². The minimum absolute atomic E-state index is 0.143. The number of thiophene rings is 1. The highest BCUT2D eigenvalue weighted by atomic mass is 32.1. The van der Waals surface area contributed by atoms with Gasteiger partial charge in [-0.2, -0.15) is 0 Å². The number of halogens is 1. The lowest BCUT2D eigenvalue weighted by Crippen LogP contribution is -2.21. The van der Waals surface area contributed by atoms with Crippen LogP contribution >= 0.6 is 11.3 Å². The number of benzene rings is 1. The molecule has 0 saturated carbocycles. The van der Waals surface area contributed by atoms with Gasteiger partial charge in [-0.15, -0.1) is 11.3 Å². The molecule has 1 nitrogen and oxygen atoms in total. The smallest absolute Gasteiger partial charge is 0.126 e. The van der Waals surface area contributed by atoms with E-state index in [0.717, 1.165) is 12.1 Å². The molecule has 0 radical (unpaired) electrons. The molecule has 1 heterocycles. The molecule has 1 N–H and O–H groups in total. The van der Waals surface area contributed by atoms with Gasteiger partial charge in [0.2, 0.25) is 0 Å². The van der Waals surface area contributed by atoms with Crippen LogP contribution in [0, 0.1) is 19.7 Å². The lowest BCUT2D eigenvalue weighted by atomic mass is 9.99. The lowest BCUT2D eigenvalue weighted by Gasteiger charge is -2.18. The molecule has 0 aliphatic heterocycles. The molecule has 1 aromatic heterocycles. The molecule has 2 rings (SSSR count). The topological polar surface area (TPSA) is 12.0 Å². The van der Waals surface area contributed by atoms with Crippen molar-refractivity contribution in [1.82, 2.24) is 5.32 Å². The third-order valence-electron chi connectivity index (χ3n) is 3.01. The first-order valence-electron chi connectivity index (χ1n) is 6.16. The number of hydrogen-bond donors (Lipinski definition) is 1. The van der Waals surface area contributed by atoms with Gasteiger partial charge in [-0.1, -0.05) is 19.1 Å². The van der Waals surface area contributed by atoms with Crippen molar-refractivity contribution < 1.29 is 4.39 Å². The SMILES string of the molecule is CCNC(c1csc(C)c1)c1ccc(F)c(C)c1. The summed E-state index contributed by atoms with van der Waals surface area (Å²) in [5.41, 5.74) is 3.07. The molecule has 0 spiro atoms. The zero-order valence-corrected chi connectivity index (χ0v) is 11.8. The standard InChI is InChI=1S/C15H18FNS/c1-4-17-15(13-8-11(3)18-9-13)12-5-6-14(16)10(2)7-12/h5-9,15,17H,4H2,1-3H3. The average molecular weight is 263 g/mol. The Morgan fingerprint density at radius 1 is 1.22 bits per heavy atom. The second-order valence-electron chi connectivity index (χ2n) is 4.49. The van der Waals surface area contributed by atoms with Gasteiger partial charge in [-0.05, 0) is 54.6 Å². The van der Waals surface area contributed by atoms with Crippen molar-refractivity contribution in [1.29, 1.82) is 0 Å². The zero-order valence-electron chi connectivity index (χ0n) is 11.0. The van der Waals surface area contributed by atoms with Crippen molar-refractivity contribution in [3.05, 3.63) is 57.0 Å². The Morgan fingerprint density at radius 2 is 2.00 bits per heavy atom. The van der Waals surface area contributed by atoms with E-state index in [4.69, 9.17) is 0 Å². The van der Waals surface area contributed by atoms with Gasteiger partial charge in [0.05, 0.1) is 6.04 Å². The fourth-order valence-electron chi connectivity index (χ4n) is 2.09. The molecule has 0 aliphatic rings. The average Bonchev–Trinajstić information content (AvgIpc) is 2.76. The van der Waals surface area contributed by atoms with Gasteiger partial charge in [0.25, 0.3) is 0 Å². The minimum Gasteiger partial charge on any atom is -0.307 e. The van der Waals surface area contributed by atoms with Crippen molar-refractivity contribution in [3.63, 3.8) is 0 Å². The van der Waals surface area contributed by atoms with Crippen LogP contribution < -0.4 is 5.32 Å². The summed E-state index contributed by atoms with van der Waals surface area (Å²) >= 11 is 1.75. The second kappa shape index (κ2) is 5.63. The van der Waals surface area contributed by atoms with Crippen molar-refractivity contribution >= 4 is 11.3 Å². The summed E-state index contributed by atoms with van der Waals surface area (Å²) in [6.45, 7) is 6.88. The highest BCUT2D eigenvalue weighted by Gasteiger charge is 2.15. The molecular formula is C15H18FNS. The number of rotatable bonds is 4. The molecule has 0 bridgehead atoms. The molecular weight excluding hydrogens is 245 g/mol. The maximum Gasteiger partial charge on any atom is 0.126 e. The largest absolute Gasteiger partial charge is 0.307 e. The first-order chi connectivity index (χ1) is 8.61. The third kappa shape index (κ3) is 2.79. The molecule has 1 unspecified atom stereocenters. The van der Waals surface area contributed by atoms with Crippen LogP contribution in [0.1, 0.15) is 34.5 Å². The molecule has 0 fully saturated rings. The zero-order chi connectivity index (χ0) is 13.1. The third-order valence-corrected chi connectivity index (χ3v) is 3.89. The van der Waals surface area contributed by atoms with E-state index in [0.29, 0.717) is 5.56 Å². The van der Waals surface area contributed by atoms with Gasteiger partial charge in [-0.25, -0.2) is 4.39 Å². The number of hydrogen-bond acceptors (Lipinski definition) is 2. The first kappa shape index (κ1) is 13.2. The van der Waals surface area contributed by atoms with Crippen LogP contribution in [0.5, 0.6) is 0 Å². The van der Waals surface area contributed by atoms with Crippen molar-refractivity contribution in [3.8, 4) is 0 Å². The summed E-state index contributed by atoms with van der Waals surface area (Å²) in [5, 5.41) is 5.63. The van der Waals surface area contributed by atoms with Gasteiger partial charge in [0, 0.05) is 4.88 Å². The Labute approximate surface area is 112 Å². The molecule has 0 aliphatic carbocycles. The van der Waals surface area contributed by atoms with Gasteiger partial charge < -0.3 is 5.32 Å². The van der Waals surface area contributed by atoms with E-state index < -0.39 is 0 Å². The van der Waals surface area contributed by atoms with Crippen LogP contribution in [0.4, 0.5) is 4.39 Å². The van der Waals surface area contributed by atoms with Crippen LogP contribution in [-0.4, -0.2) is 6.54 Å². The fraction of sp³-hybridized carbons (Fsp3) is 0.333. The van der Waals surface area contributed by atoms with Gasteiger partial charge in [-0.3, -0.25) is 0 Å². The molecule has 2 aromatic rings. The van der Waals surface area contributed by atoms with Crippen molar-refractivity contribution in [2.45, 2.75) is 26.8 Å². The molecule has 1 atom stereocenters. The monoisotopic (exact) mass is 263 g/mol. The van der Waals surface area contributed by atoms with Crippen molar-refractivity contribution in [2.24, 2.45) is 0 Å². The van der Waals surface area contributed by atoms with Gasteiger partial charge in [0.15, 0.2) is 0 Å². The molecule has 96 valence electrons. The maximum absolute atomic E-state index is 13.3. The van der Waals surface area contributed by atoms with E-state index >= 15 is 0 Å². The van der Waals surface area contributed by atoms with E-state index in [1.54, 1.807) is 24.3 Å². The van der Waals surface area contributed by atoms with Crippen LogP contribution in [0.15, 0.2) is 29.6 Å². The van der Waals surface area contributed by atoms with E-state index in [9.17, 15) is 4.39 Å². The Hall–Kier alpha value is -1.19. The molecule has 18 heavy (non-hydrogen) atoms. The summed E-state index contributed by atoms with van der Waals surface area (Å²) < 4.78 is 13.3. The molecule has 1 aromatic carbocycles. The Bertz CT molecular complexity index is 533. The summed E-state index contributed by atoms with van der Waals surface area (Å²) in [5.74, 6) is -0.143. The lowest BCUT2D eigenvalue weighted by molar-refractivity contribution is 0.607. The highest BCUT2D eigenvalue weighted by Crippen LogP contribution is 2.27. The first-order valence-corrected chi connectivity index (χ1v) is 7.04. The predicted molar refractivity (Wildman–Crippen MR) is 75.7 cm³/mol. The summed E-state index contributed by atoms with van der Waals surface area (Å²) in [4.78, 5) is 1.30. The van der Waals surface area contributed by atoms with E-state index in [1.807, 2.05) is 12.1 Å². The Balaban J connectivity index is 2.37. The summed E-state index contributed by atoms with van der Waals surface area (Å²) in [7, 11) is 0. The number of aryl methyl sites for hydroxylation is 2. The van der Waals surface area contributed by atoms with Crippen LogP contribution in [0.3, 0.4) is 0 Å². The Morgan fingerprint density at radius 3 is 2.56 bits per heavy atom. The van der Waals surface area contributed by atoms with Gasteiger partial charge in [0.1, 0.15) is 5.82 Å². The van der Waals surface area contributed by atoms with E-state index in [1.165, 1.54) is 10.4 Å². The highest BCUT2D eigenvalue weighted by molar-refractivity contribution is 7.10.